The SMILES string of the molecule is Cc1nnc(NC(=O)C2CCN(c3nc4ccc(F)cc4s3)CC2)s1. The molecule has 1 aliphatic heterocycles. The van der Waals surface area contributed by atoms with E-state index in [-0.39, 0.29) is 17.6 Å². The van der Waals surface area contributed by atoms with Crippen LogP contribution in [0.4, 0.5) is 14.7 Å². The predicted octanol–water partition coefficient (Wildman–Crippen LogP) is 3.45. The lowest BCUT2D eigenvalue weighted by Crippen LogP contribution is -2.38. The smallest absolute Gasteiger partial charge is 0.229 e. The number of piperidine rings is 1. The number of rotatable bonds is 3. The quantitative estimate of drug-likeness (QED) is 0.757. The van der Waals surface area contributed by atoms with E-state index in [2.05, 4.69) is 25.4 Å². The van der Waals surface area contributed by atoms with E-state index in [1.54, 1.807) is 6.07 Å². The highest BCUT2D eigenvalue weighted by atomic mass is 32.1. The van der Waals surface area contributed by atoms with Crippen molar-refractivity contribution in [1.82, 2.24) is 15.2 Å². The standard InChI is InChI=1S/C16H16FN5OS2/c1-9-20-21-15(24-9)19-14(23)10-4-6-22(7-5-10)16-18-12-3-2-11(17)8-13(12)25-16/h2-3,8,10H,4-7H2,1H3,(H,19,21,23). The molecule has 9 heteroatoms. The van der Waals surface area contributed by atoms with Gasteiger partial charge in [-0.2, -0.15) is 0 Å². The van der Waals surface area contributed by atoms with E-state index in [4.69, 9.17) is 0 Å². The number of anilines is 2. The molecule has 1 amide bonds. The Hall–Kier alpha value is -2.13. The predicted molar refractivity (Wildman–Crippen MR) is 97.8 cm³/mol. The van der Waals surface area contributed by atoms with E-state index in [9.17, 15) is 9.18 Å². The molecule has 0 saturated carbocycles. The summed E-state index contributed by atoms with van der Waals surface area (Å²) in [5.74, 6) is -0.278. The number of amides is 1. The lowest BCUT2D eigenvalue weighted by Gasteiger charge is -2.30. The summed E-state index contributed by atoms with van der Waals surface area (Å²) < 4.78 is 14.2. The summed E-state index contributed by atoms with van der Waals surface area (Å²) in [7, 11) is 0. The van der Waals surface area contributed by atoms with E-state index in [1.807, 2.05) is 6.92 Å². The van der Waals surface area contributed by atoms with Gasteiger partial charge in [-0.3, -0.25) is 4.79 Å². The van der Waals surface area contributed by atoms with Gasteiger partial charge in [0.25, 0.3) is 0 Å². The van der Waals surface area contributed by atoms with E-state index in [0.29, 0.717) is 5.13 Å². The molecule has 1 fully saturated rings. The largest absolute Gasteiger partial charge is 0.348 e. The van der Waals surface area contributed by atoms with E-state index < -0.39 is 0 Å². The number of carbonyl (C=O) groups excluding carboxylic acids is 1. The van der Waals surface area contributed by atoms with Crippen LogP contribution in [-0.2, 0) is 4.79 Å². The van der Waals surface area contributed by atoms with Crippen molar-refractivity contribution in [3.63, 3.8) is 0 Å². The third-order valence-electron chi connectivity index (χ3n) is 4.23. The Morgan fingerprint density at radius 1 is 1.28 bits per heavy atom. The van der Waals surface area contributed by atoms with Gasteiger partial charge < -0.3 is 10.2 Å². The molecule has 0 radical (unpaired) electrons. The number of hydrogen-bond donors (Lipinski definition) is 1. The summed E-state index contributed by atoms with van der Waals surface area (Å²) in [5.41, 5.74) is 0.813. The number of halogens is 1. The molecule has 6 nitrogen and oxygen atoms in total. The summed E-state index contributed by atoms with van der Waals surface area (Å²) >= 11 is 2.87. The van der Waals surface area contributed by atoms with Crippen molar-refractivity contribution in [2.45, 2.75) is 19.8 Å². The zero-order chi connectivity index (χ0) is 17.4. The zero-order valence-corrected chi connectivity index (χ0v) is 15.2. The van der Waals surface area contributed by atoms with Crippen LogP contribution < -0.4 is 10.2 Å². The first-order valence-corrected chi connectivity index (χ1v) is 9.64. The minimum absolute atomic E-state index is 0.00201. The molecule has 0 bridgehead atoms. The van der Waals surface area contributed by atoms with Crippen molar-refractivity contribution < 1.29 is 9.18 Å². The van der Waals surface area contributed by atoms with Crippen LogP contribution >= 0.6 is 22.7 Å². The summed E-state index contributed by atoms with van der Waals surface area (Å²) in [6.45, 7) is 3.38. The van der Waals surface area contributed by atoms with Crippen LogP contribution in [0.1, 0.15) is 17.8 Å². The van der Waals surface area contributed by atoms with Gasteiger partial charge in [-0.1, -0.05) is 22.7 Å². The number of aromatic nitrogens is 3. The maximum atomic E-state index is 13.3. The van der Waals surface area contributed by atoms with Crippen molar-refractivity contribution in [2.75, 3.05) is 23.3 Å². The monoisotopic (exact) mass is 377 g/mol. The van der Waals surface area contributed by atoms with E-state index >= 15 is 0 Å². The lowest BCUT2D eigenvalue weighted by molar-refractivity contribution is -0.120. The molecule has 0 spiro atoms. The van der Waals surface area contributed by atoms with Crippen LogP contribution in [0, 0.1) is 18.7 Å². The molecule has 25 heavy (non-hydrogen) atoms. The summed E-state index contributed by atoms with van der Waals surface area (Å²) in [6.07, 6.45) is 1.52. The molecule has 1 aliphatic rings. The number of benzene rings is 1. The number of hydrogen-bond acceptors (Lipinski definition) is 7. The van der Waals surface area contributed by atoms with Gasteiger partial charge in [0.15, 0.2) is 5.13 Å². The molecule has 3 heterocycles. The second-order valence-electron chi connectivity index (χ2n) is 5.99. The topological polar surface area (TPSA) is 71.0 Å². The highest BCUT2D eigenvalue weighted by molar-refractivity contribution is 7.22. The number of carbonyl (C=O) groups is 1. The van der Waals surface area contributed by atoms with Crippen molar-refractivity contribution >= 4 is 49.1 Å². The van der Waals surface area contributed by atoms with Gasteiger partial charge in [0.1, 0.15) is 10.8 Å². The Morgan fingerprint density at radius 2 is 2.08 bits per heavy atom. The Bertz CT molecular complexity index is 916. The fourth-order valence-corrected chi connectivity index (χ4v) is 4.55. The fourth-order valence-electron chi connectivity index (χ4n) is 2.91. The number of nitrogens with zero attached hydrogens (tertiary/aromatic N) is 4. The summed E-state index contributed by atoms with van der Waals surface area (Å²) in [5, 5.41) is 13.0. The van der Waals surface area contributed by atoms with Gasteiger partial charge in [-0.25, -0.2) is 9.37 Å². The molecule has 1 N–H and O–H groups in total. The second-order valence-corrected chi connectivity index (χ2v) is 8.18. The minimum Gasteiger partial charge on any atom is -0.348 e. The van der Waals surface area contributed by atoms with Crippen molar-refractivity contribution in [3.8, 4) is 0 Å². The van der Waals surface area contributed by atoms with Gasteiger partial charge >= 0.3 is 0 Å². The molecule has 130 valence electrons. The van der Waals surface area contributed by atoms with Gasteiger partial charge in [-0.05, 0) is 38.0 Å². The van der Waals surface area contributed by atoms with Gasteiger partial charge in [0.05, 0.1) is 10.2 Å². The van der Waals surface area contributed by atoms with E-state index in [1.165, 1.54) is 34.8 Å². The Kier molecular flexibility index (Phi) is 4.34. The number of fused-ring (bicyclic) bond motifs is 1. The highest BCUT2D eigenvalue weighted by Gasteiger charge is 2.27. The van der Waals surface area contributed by atoms with Crippen LogP contribution in [0.15, 0.2) is 18.2 Å². The number of nitrogens with one attached hydrogen (secondary N) is 1. The molecule has 1 aromatic carbocycles. The second kappa shape index (κ2) is 6.64. The summed E-state index contributed by atoms with van der Waals surface area (Å²) in [6, 6.07) is 4.65. The van der Waals surface area contributed by atoms with E-state index in [0.717, 1.165) is 46.3 Å². The molecule has 0 atom stereocenters. The highest BCUT2D eigenvalue weighted by Crippen LogP contribution is 2.32. The number of aryl methyl sites for hydroxylation is 1. The molecule has 0 aliphatic carbocycles. The third kappa shape index (κ3) is 3.47. The van der Waals surface area contributed by atoms with Gasteiger partial charge in [-0.15, -0.1) is 10.2 Å². The Balaban J connectivity index is 1.39. The first-order chi connectivity index (χ1) is 12.1. The van der Waals surface area contributed by atoms with Crippen LogP contribution in [-0.4, -0.2) is 34.2 Å². The van der Waals surface area contributed by atoms with Crippen molar-refractivity contribution in [1.29, 1.82) is 0 Å². The Labute approximate surface area is 151 Å². The zero-order valence-electron chi connectivity index (χ0n) is 13.5. The maximum absolute atomic E-state index is 13.3. The fraction of sp³-hybridized carbons (Fsp3) is 0.375. The molecule has 1 saturated heterocycles. The van der Waals surface area contributed by atoms with Crippen LogP contribution in [0.2, 0.25) is 0 Å². The van der Waals surface area contributed by atoms with Crippen LogP contribution in [0.5, 0.6) is 0 Å². The minimum atomic E-state index is -0.245. The average Bonchev–Trinajstić information content (AvgIpc) is 3.20. The molecule has 2 aromatic heterocycles. The molecular weight excluding hydrogens is 361 g/mol. The van der Waals surface area contributed by atoms with Crippen molar-refractivity contribution in [3.05, 3.63) is 29.0 Å². The molecular formula is C16H16FN5OS2. The van der Waals surface area contributed by atoms with Gasteiger partial charge in [0, 0.05) is 19.0 Å². The molecule has 3 aromatic rings. The third-order valence-corrected chi connectivity index (χ3v) is 6.06. The molecule has 0 unspecified atom stereocenters. The maximum Gasteiger partial charge on any atom is 0.229 e. The van der Waals surface area contributed by atoms with Crippen LogP contribution in [0.25, 0.3) is 10.2 Å². The normalized spacial score (nSPS) is 15.7. The first kappa shape index (κ1) is 16.3. The summed E-state index contributed by atoms with van der Waals surface area (Å²) in [4.78, 5) is 19.1. The molecule has 4 rings (SSSR count). The lowest BCUT2D eigenvalue weighted by atomic mass is 9.96. The van der Waals surface area contributed by atoms with Crippen LogP contribution in [0.3, 0.4) is 0 Å². The average molecular weight is 377 g/mol. The number of thiazole rings is 1. The Morgan fingerprint density at radius 3 is 2.80 bits per heavy atom. The first-order valence-electron chi connectivity index (χ1n) is 8.00. The van der Waals surface area contributed by atoms with Crippen molar-refractivity contribution in [2.24, 2.45) is 5.92 Å². The van der Waals surface area contributed by atoms with Gasteiger partial charge in [0.2, 0.25) is 11.0 Å².